The maximum Gasteiger partial charge on any atom is 0.331 e. The van der Waals surface area contributed by atoms with E-state index in [0.29, 0.717) is 35.0 Å². The van der Waals surface area contributed by atoms with E-state index in [2.05, 4.69) is 23.5 Å². The van der Waals surface area contributed by atoms with Crippen molar-refractivity contribution < 1.29 is 23.7 Å². The smallest absolute Gasteiger partial charge is 0.331 e. The molecule has 3 rings (SSSR count). The van der Waals surface area contributed by atoms with Crippen molar-refractivity contribution in [3.63, 3.8) is 0 Å². The lowest BCUT2D eigenvalue weighted by atomic mass is 9.89. The Morgan fingerprint density at radius 1 is 1.24 bits per heavy atom. The molecule has 0 radical (unpaired) electrons. The molecule has 186 valence electrons. The van der Waals surface area contributed by atoms with Crippen LogP contribution in [0.2, 0.25) is 0 Å². The van der Waals surface area contributed by atoms with Gasteiger partial charge in [0.2, 0.25) is 0 Å². The van der Waals surface area contributed by atoms with Crippen molar-refractivity contribution in [1.82, 2.24) is 4.72 Å². The first-order chi connectivity index (χ1) is 16.1. The summed E-state index contributed by atoms with van der Waals surface area (Å²) in [6.07, 6.45) is 5.43. The largest absolute Gasteiger partial charge is 0.478 e. The van der Waals surface area contributed by atoms with Gasteiger partial charge in [0, 0.05) is 32.4 Å². The molecular formula is C25H35N3O5S. The topological polar surface area (TPSA) is 106 Å². The Labute approximate surface area is 203 Å². The van der Waals surface area contributed by atoms with Gasteiger partial charge in [0.05, 0.1) is 29.3 Å². The molecule has 2 aromatic rings. The molecule has 9 heteroatoms. The number of carbonyl (C=O) groups is 1. The van der Waals surface area contributed by atoms with E-state index in [4.69, 9.17) is 9.84 Å². The minimum absolute atomic E-state index is 0.313. The van der Waals surface area contributed by atoms with Crippen LogP contribution >= 0.6 is 10.8 Å². The van der Waals surface area contributed by atoms with Gasteiger partial charge in [-0.3, -0.25) is 9.11 Å². The molecule has 0 unspecified atom stereocenters. The van der Waals surface area contributed by atoms with Crippen molar-refractivity contribution in [2.75, 3.05) is 30.4 Å². The summed E-state index contributed by atoms with van der Waals surface area (Å²) in [5, 5.41) is 8.93. The lowest BCUT2D eigenvalue weighted by Crippen LogP contribution is -2.51. The van der Waals surface area contributed by atoms with E-state index in [1.165, 1.54) is 0 Å². The molecule has 0 saturated heterocycles. The first-order valence-electron chi connectivity index (χ1n) is 11.4. The lowest BCUT2D eigenvalue weighted by molar-refractivity contribution is -0.131. The van der Waals surface area contributed by atoms with Crippen molar-refractivity contribution >= 4 is 33.8 Å². The van der Waals surface area contributed by atoms with Crippen molar-refractivity contribution in [2.24, 2.45) is 0 Å². The van der Waals surface area contributed by atoms with Crippen LogP contribution in [0.5, 0.6) is 5.75 Å². The molecule has 0 aliphatic carbocycles. The SMILES string of the molecule is CCCC[C@@]1(CC)CN(c2ccccc2)c2cc(N(C)C)c(O/C=C/C(=O)O)cc2S(O)(O)N1. The second kappa shape index (κ2) is 10.7. The van der Waals surface area contributed by atoms with Gasteiger partial charge in [-0.2, -0.15) is 0 Å². The molecule has 0 fully saturated rings. The van der Waals surface area contributed by atoms with Crippen LogP contribution in [-0.2, 0) is 4.79 Å². The summed E-state index contributed by atoms with van der Waals surface area (Å²) in [5.74, 6) is -0.806. The second-order valence-electron chi connectivity index (χ2n) is 8.75. The molecule has 0 saturated carbocycles. The van der Waals surface area contributed by atoms with E-state index in [9.17, 15) is 13.9 Å². The van der Waals surface area contributed by atoms with Gasteiger partial charge >= 0.3 is 5.97 Å². The third kappa shape index (κ3) is 5.67. The van der Waals surface area contributed by atoms with E-state index < -0.39 is 22.3 Å². The van der Waals surface area contributed by atoms with E-state index >= 15 is 0 Å². The quantitative estimate of drug-likeness (QED) is 0.257. The van der Waals surface area contributed by atoms with Gasteiger partial charge in [-0.15, -0.1) is 10.8 Å². The Hall–Kier alpha value is -2.72. The molecule has 2 aromatic carbocycles. The number of hydrogen-bond acceptors (Lipinski definition) is 7. The number of carboxylic acid groups (broad SMARTS) is 1. The maximum atomic E-state index is 11.4. The van der Waals surface area contributed by atoms with Gasteiger partial charge in [0.1, 0.15) is 4.90 Å². The highest BCUT2D eigenvalue weighted by Crippen LogP contribution is 2.57. The van der Waals surface area contributed by atoms with Crippen LogP contribution < -0.4 is 19.3 Å². The predicted octanol–water partition coefficient (Wildman–Crippen LogP) is 5.83. The Kier molecular flexibility index (Phi) is 8.14. The molecule has 1 aliphatic heterocycles. The predicted molar refractivity (Wildman–Crippen MR) is 138 cm³/mol. The minimum atomic E-state index is -3.41. The van der Waals surface area contributed by atoms with Crippen LogP contribution in [-0.4, -0.2) is 46.4 Å². The normalized spacial score (nSPS) is 20.5. The zero-order valence-corrected chi connectivity index (χ0v) is 21.0. The fraction of sp³-hybridized carbons (Fsp3) is 0.400. The first-order valence-corrected chi connectivity index (χ1v) is 13.0. The van der Waals surface area contributed by atoms with Crippen molar-refractivity contribution in [1.29, 1.82) is 0 Å². The second-order valence-corrected chi connectivity index (χ2v) is 10.5. The Morgan fingerprint density at radius 3 is 2.53 bits per heavy atom. The van der Waals surface area contributed by atoms with E-state index in [0.717, 1.165) is 37.3 Å². The van der Waals surface area contributed by atoms with Gasteiger partial charge in [-0.1, -0.05) is 44.9 Å². The minimum Gasteiger partial charge on any atom is -0.478 e. The molecule has 4 N–H and O–H groups in total. The number of anilines is 3. The lowest BCUT2D eigenvalue weighted by Gasteiger charge is -2.42. The maximum absolute atomic E-state index is 11.4. The summed E-state index contributed by atoms with van der Waals surface area (Å²) < 4.78 is 31.7. The van der Waals surface area contributed by atoms with Crippen LogP contribution in [0.1, 0.15) is 39.5 Å². The van der Waals surface area contributed by atoms with Crippen LogP contribution in [0.25, 0.3) is 0 Å². The third-order valence-corrected chi connectivity index (χ3v) is 7.76. The first kappa shape index (κ1) is 25.9. The molecule has 0 aromatic heterocycles. The number of nitrogens with zero attached hydrogens (tertiary/aromatic N) is 2. The number of aliphatic carboxylic acids is 1. The number of hydrogen-bond donors (Lipinski definition) is 4. The summed E-state index contributed by atoms with van der Waals surface area (Å²) in [6.45, 7) is 4.75. The fourth-order valence-electron chi connectivity index (χ4n) is 4.21. The van der Waals surface area contributed by atoms with Crippen LogP contribution in [0.4, 0.5) is 17.1 Å². The fourth-order valence-corrected chi connectivity index (χ4v) is 5.97. The Bertz CT molecular complexity index is 1030. The molecule has 0 bridgehead atoms. The van der Waals surface area contributed by atoms with Gasteiger partial charge in [-0.05, 0) is 31.0 Å². The highest BCUT2D eigenvalue weighted by Gasteiger charge is 2.41. The van der Waals surface area contributed by atoms with Gasteiger partial charge < -0.3 is 19.6 Å². The standard InChI is InChI=1S/C25H35N3O5S/c1-5-7-14-25(6-2)18-28(19-11-9-8-10-12-19)21-16-20(27(3)4)22(33-15-13-24(29)30)17-23(21)34(31,32)26-25/h8-13,15-17,26,31-32H,5-7,14,18H2,1-4H3,(H,29,30)/b15-13+/t25-/m0/s1. The number of benzene rings is 2. The summed E-state index contributed by atoms with van der Waals surface area (Å²) in [5.41, 5.74) is 1.78. The monoisotopic (exact) mass is 489 g/mol. The highest BCUT2D eigenvalue weighted by molar-refractivity contribution is 8.22. The van der Waals surface area contributed by atoms with Gasteiger partial charge in [0.15, 0.2) is 5.75 Å². The Balaban J connectivity index is 2.24. The molecule has 34 heavy (non-hydrogen) atoms. The van der Waals surface area contributed by atoms with Gasteiger partial charge in [-0.25, -0.2) is 9.52 Å². The molecule has 8 nitrogen and oxygen atoms in total. The molecule has 0 spiro atoms. The number of rotatable bonds is 9. The number of ether oxygens (including phenoxy) is 1. The zero-order valence-electron chi connectivity index (χ0n) is 20.2. The number of fused-ring (bicyclic) bond motifs is 1. The van der Waals surface area contributed by atoms with Crippen LogP contribution in [0.3, 0.4) is 0 Å². The van der Waals surface area contributed by atoms with Crippen LogP contribution in [0, 0.1) is 0 Å². The number of carboxylic acids is 1. The highest BCUT2D eigenvalue weighted by atomic mass is 32.3. The molecule has 0 amide bonds. The molecule has 1 aliphatic rings. The average molecular weight is 490 g/mol. The number of nitrogens with one attached hydrogen (secondary N) is 1. The molecular weight excluding hydrogens is 454 g/mol. The summed E-state index contributed by atoms with van der Waals surface area (Å²) in [4.78, 5) is 15.2. The average Bonchev–Trinajstić information content (AvgIpc) is 2.90. The summed E-state index contributed by atoms with van der Waals surface area (Å²) >= 11 is 0. The van der Waals surface area contributed by atoms with Crippen LogP contribution in [0.15, 0.2) is 59.7 Å². The number of para-hydroxylation sites is 1. The van der Waals surface area contributed by atoms with E-state index in [-0.39, 0.29) is 0 Å². The van der Waals surface area contributed by atoms with E-state index in [1.54, 1.807) is 6.07 Å². The number of unbranched alkanes of at least 4 members (excludes halogenated alkanes) is 1. The van der Waals surface area contributed by atoms with Gasteiger partial charge in [0.25, 0.3) is 0 Å². The molecule has 1 atom stereocenters. The van der Waals surface area contributed by atoms with Crippen molar-refractivity contribution in [3.05, 3.63) is 54.8 Å². The van der Waals surface area contributed by atoms with Crippen molar-refractivity contribution in [2.45, 2.75) is 50.0 Å². The van der Waals surface area contributed by atoms with Crippen molar-refractivity contribution in [3.8, 4) is 5.75 Å². The summed E-state index contributed by atoms with van der Waals surface area (Å²) in [7, 11) is 0.302. The molecule has 1 heterocycles. The zero-order chi connectivity index (χ0) is 24.9. The third-order valence-electron chi connectivity index (χ3n) is 6.10. The Morgan fingerprint density at radius 2 is 1.94 bits per heavy atom. The van der Waals surface area contributed by atoms with E-state index in [1.807, 2.05) is 55.4 Å². The summed E-state index contributed by atoms with van der Waals surface area (Å²) in [6, 6.07) is 13.4.